The number of amides is 1. The van der Waals surface area contributed by atoms with E-state index in [9.17, 15) is 10.1 Å². The zero-order valence-corrected chi connectivity index (χ0v) is 18.3. The van der Waals surface area contributed by atoms with E-state index in [1.165, 1.54) is 6.21 Å². The van der Waals surface area contributed by atoms with Gasteiger partial charge in [-0.25, -0.2) is 5.43 Å². The third kappa shape index (κ3) is 7.11. The van der Waals surface area contributed by atoms with Gasteiger partial charge in [-0.05, 0) is 48.4 Å². The molecule has 33 heavy (non-hydrogen) atoms. The summed E-state index contributed by atoms with van der Waals surface area (Å²) < 4.78 is 17.1. The highest BCUT2D eigenvalue weighted by molar-refractivity contribution is 5.88. The van der Waals surface area contributed by atoms with Gasteiger partial charge in [-0.2, -0.15) is 10.4 Å². The van der Waals surface area contributed by atoms with Crippen molar-refractivity contribution < 1.29 is 19.0 Å². The average Bonchev–Trinajstić information content (AvgIpc) is 2.85. The van der Waals surface area contributed by atoms with Crippen LogP contribution in [0, 0.1) is 11.3 Å². The van der Waals surface area contributed by atoms with Gasteiger partial charge in [0.05, 0.1) is 18.9 Å². The molecule has 7 nitrogen and oxygen atoms in total. The van der Waals surface area contributed by atoms with Gasteiger partial charge in [0.25, 0.3) is 5.91 Å². The fourth-order valence-corrected chi connectivity index (χ4v) is 2.99. The fourth-order valence-electron chi connectivity index (χ4n) is 2.99. The SMILES string of the molecule is CCOc1cc(/C=N\NC(=O)[C@@H](C#N)c2ccccc2)ccc1OCCOc1ccccc1. The van der Waals surface area contributed by atoms with Gasteiger partial charge in [0.15, 0.2) is 17.4 Å². The number of nitrogens with zero attached hydrogens (tertiary/aromatic N) is 2. The molecule has 0 aliphatic carbocycles. The fraction of sp³-hybridized carbons (Fsp3) is 0.192. The second-order valence-corrected chi connectivity index (χ2v) is 6.86. The lowest BCUT2D eigenvalue weighted by Crippen LogP contribution is -2.24. The maximum absolute atomic E-state index is 12.3. The lowest BCUT2D eigenvalue weighted by molar-refractivity contribution is -0.121. The molecule has 168 valence electrons. The third-order valence-corrected chi connectivity index (χ3v) is 4.53. The first kappa shape index (κ1) is 23.4. The molecule has 1 atom stereocenters. The quantitative estimate of drug-likeness (QED) is 0.271. The molecule has 0 aliphatic heterocycles. The first-order valence-corrected chi connectivity index (χ1v) is 10.6. The molecule has 7 heteroatoms. The summed E-state index contributed by atoms with van der Waals surface area (Å²) >= 11 is 0. The van der Waals surface area contributed by atoms with Crippen LogP contribution in [0.2, 0.25) is 0 Å². The van der Waals surface area contributed by atoms with Crippen molar-refractivity contribution in [3.63, 3.8) is 0 Å². The van der Waals surface area contributed by atoms with Crippen LogP contribution in [-0.2, 0) is 4.79 Å². The van der Waals surface area contributed by atoms with Crippen molar-refractivity contribution in [2.45, 2.75) is 12.8 Å². The number of hydrogen-bond acceptors (Lipinski definition) is 6. The Labute approximate surface area is 193 Å². The topological polar surface area (TPSA) is 92.9 Å². The van der Waals surface area contributed by atoms with Gasteiger partial charge in [0.2, 0.25) is 0 Å². The smallest absolute Gasteiger partial charge is 0.261 e. The Morgan fingerprint density at radius 3 is 2.36 bits per heavy atom. The second kappa shape index (κ2) is 12.5. The zero-order chi connectivity index (χ0) is 23.3. The summed E-state index contributed by atoms with van der Waals surface area (Å²) in [4.78, 5) is 12.3. The van der Waals surface area contributed by atoms with E-state index < -0.39 is 11.8 Å². The Hall–Kier alpha value is -4.31. The van der Waals surface area contributed by atoms with E-state index in [1.54, 1.807) is 42.5 Å². The Morgan fingerprint density at radius 2 is 1.67 bits per heavy atom. The van der Waals surface area contributed by atoms with Gasteiger partial charge >= 0.3 is 0 Å². The van der Waals surface area contributed by atoms with E-state index >= 15 is 0 Å². The van der Waals surface area contributed by atoms with Crippen molar-refractivity contribution in [2.75, 3.05) is 19.8 Å². The first-order chi connectivity index (χ1) is 16.2. The number of para-hydroxylation sites is 1. The van der Waals surface area contributed by atoms with Crippen LogP contribution >= 0.6 is 0 Å². The largest absolute Gasteiger partial charge is 0.490 e. The number of nitrogens with one attached hydrogen (secondary N) is 1. The highest BCUT2D eigenvalue weighted by Gasteiger charge is 2.19. The molecule has 3 aromatic carbocycles. The van der Waals surface area contributed by atoms with Gasteiger partial charge < -0.3 is 14.2 Å². The Kier molecular flexibility index (Phi) is 8.86. The minimum absolute atomic E-state index is 0.355. The summed E-state index contributed by atoms with van der Waals surface area (Å²) in [6.07, 6.45) is 1.49. The minimum atomic E-state index is -0.934. The van der Waals surface area contributed by atoms with E-state index in [1.807, 2.05) is 49.4 Å². The summed E-state index contributed by atoms with van der Waals surface area (Å²) in [7, 11) is 0. The van der Waals surface area contributed by atoms with Gasteiger partial charge in [-0.15, -0.1) is 0 Å². The number of hydrogen-bond donors (Lipinski definition) is 1. The molecule has 1 N–H and O–H groups in total. The van der Waals surface area contributed by atoms with Gasteiger partial charge in [0.1, 0.15) is 19.0 Å². The standard InChI is InChI=1S/C26H25N3O4/c1-2-31-25-17-20(13-14-24(25)33-16-15-32-22-11-7-4-8-12-22)19-28-29-26(30)23(18-27)21-9-5-3-6-10-21/h3-14,17,19,23H,2,15-16H2,1H3,(H,29,30)/b28-19-/t23-/m0/s1. The number of hydrazone groups is 1. The highest BCUT2D eigenvalue weighted by atomic mass is 16.5. The first-order valence-electron chi connectivity index (χ1n) is 10.6. The maximum atomic E-state index is 12.3. The maximum Gasteiger partial charge on any atom is 0.261 e. The number of carbonyl (C=O) groups excluding carboxylic acids is 1. The number of nitriles is 1. The summed E-state index contributed by atoms with van der Waals surface area (Å²) in [5.41, 5.74) is 3.75. The molecule has 0 fully saturated rings. The van der Waals surface area contributed by atoms with Crippen LogP contribution in [0.4, 0.5) is 0 Å². The van der Waals surface area contributed by atoms with Crippen LogP contribution in [-0.4, -0.2) is 31.9 Å². The van der Waals surface area contributed by atoms with E-state index in [-0.39, 0.29) is 0 Å². The highest BCUT2D eigenvalue weighted by Crippen LogP contribution is 2.28. The Morgan fingerprint density at radius 1 is 0.970 bits per heavy atom. The van der Waals surface area contributed by atoms with Crippen LogP contribution in [0.25, 0.3) is 0 Å². The molecule has 0 saturated heterocycles. The minimum Gasteiger partial charge on any atom is -0.490 e. The van der Waals surface area contributed by atoms with E-state index in [0.717, 1.165) is 5.75 Å². The Bertz CT molecular complexity index is 1100. The molecule has 3 aromatic rings. The predicted molar refractivity (Wildman–Crippen MR) is 126 cm³/mol. The second-order valence-electron chi connectivity index (χ2n) is 6.86. The van der Waals surface area contributed by atoms with Crippen LogP contribution in [0.5, 0.6) is 17.2 Å². The molecule has 0 saturated carbocycles. The lowest BCUT2D eigenvalue weighted by atomic mass is 10.0. The van der Waals surface area contributed by atoms with Gasteiger partial charge in [-0.3, -0.25) is 4.79 Å². The van der Waals surface area contributed by atoms with E-state index in [2.05, 4.69) is 10.5 Å². The number of rotatable bonds is 11. The predicted octanol–water partition coefficient (Wildman–Crippen LogP) is 4.30. The molecule has 0 aliphatic rings. The molecule has 0 spiro atoms. The van der Waals surface area contributed by atoms with Crippen LogP contribution < -0.4 is 19.6 Å². The van der Waals surface area contributed by atoms with E-state index in [4.69, 9.17) is 14.2 Å². The average molecular weight is 444 g/mol. The summed E-state index contributed by atoms with van der Waals surface area (Å²) in [6, 6.07) is 25.7. The van der Waals surface area contributed by atoms with Crippen LogP contribution in [0.15, 0.2) is 84.0 Å². The molecule has 1 amide bonds. The Balaban J connectivity index is 1.57. The molecule has 0 aromatic heterocycles. The van der Waals surface area contributed by atoms with Crippen molar-refractivity contribution >= 4 is 12.1 Å². The van der Waals surface area contributed by atoms with Crippen molar-refractivity contribution in [2.24, 2.45) is 5.10 Å². The normalized spacial score (nSPS) is 11.4. The lowest BCUT2D eigenvalue weighted by Gasteiger charge is -2.13. The summed E-state index contributed by atoms with van der Waals surface area (Å²) in [6.45, 7) is 3.10. The number of carbonyl (C=O) groups is 1. The van der Waals surface area contributed by atoms with Gasteiger partial charge in [-0.1, -0.05) is 48.5 Å². The summed E-state index contributed by atoms with van der Waals surface area (Å²) in [5, 5.41) is 13.3. The number of ether oxygens (including phenoxy) is 3. The molecule has 3 rings (SSSR count). The molecule has 0 heterocycles. The van der Waals surface area contributed by atoms with E-state index in [0.29, 0.717) is 42.4 Å². The molecular formula is C26H25N3O4. The zero-order valence-electron chi connectivity index (χ0n) is 18.3. The number of benzene rings is 3. The van der Waals surface area contributed by atoms with Gasteiger partial charge in [0, 0.05) is 0 Å². The molecule has 0 bridgehead atoms. The molecule has 0 unspecified atom stereocenters. The monoisotopic (exact) mass is 443 g/mol. The summed E-state index contributed by atoms with van der Waals surface area (Å²) in [5.74, 6) is 0.500. The van der Waals surface area contributed by atoms with Crippen molar-refractivity contribution in [3.8, 4) is 23.3 Å². The van der Waals surface area contributed by atoms with Crippen LogP contribution in [0.3, 0.4) is 0 Å². The van der Waals surface area contributed by atoms with Crippen molar-refractivity contribution in [1.82, 2.24) is 5.43 Å². The van der Waals surface area contributed by atoms with Crippen LogP contribution in [0.1, 0.15) is 24.0 Å². The molecule has 0 radical (unpaired) electrons. The third-order valence-electron chi connectivity index (χ3n) is 4.53. The van der Waals surface area contributed by atoms with Crippen molar-refractivity contribution in [3.05, 3.63) is 90.0 Å². The van der Waals surface area contributed by atoms with Crippen molar-refractivity contribution in [1.29, 1.82) is 5.26 Å². The molecular weight excluding hydrogens is 418 g/mol.